The van der Waals surface area contributed by atoms with Gasteiger partial charge in [-0.2, -0.15) is 0 Å². The van der Waals surface area contributed by atoms with Gasteiger partial charge >= 0.3 is 6.03 Å². The van der Waals surface area contributed by atoms with Gasteiger partial charge < -0.3 is 0 Å². The third kappa shape index (κ3) is 2.70. The highest BCUT2D eigenvalue weighted by atomic mass is 16.2. The van der Waals surface area contributed by atoms with Crippen molar-refractivity contribution in [2.24, 2.45) is 5.41 Å². The number of urea groups is 1. The monoisotopic (exact) mass is 390 g/mol. The molecule has 6 heteroatoms. The molecule has 0 radical (unpaired) electrons. The molecule has 0 N–H and O–H groups in total. The average molecular weight is 390 g/mol. The van der Waals surface area contributed by atoms with E-state index in [1.165, 1.54) is 14.1 Å². The summed E-state index contributed by atoms with van der Waals surface area (Å²) in [5.74, 6) is -2.37. The smallest absolute Gasteiger partial charge is 0.300 e. The molecule has 1 heterocycles. The van der Waals surface area contributed by atoms with Gasteiger partial charge in [-0.25, -0.2) is 4.79 Å². The van der Waals surface area contributed by atoms with E-state index in [2.05, 4.69) is 0 Å². The number of rotatable bonds is 2. The van der Waals surface area contributed by atoms with E-state index in [9.17, 15) is 19.2 Å². The van der Waals surface area contributed by atoms with Crippen LogP contribution in [0.25, 0.3) is 0 Å². The number of benzene rings is 2. The van der Waals surface area contributed by atoms with Crippen LogP contribution < -0.4 is 0 Å². The molecule has 148 valence electrons. The van der Waals surface area contributed by atoms with Crippen molar-refractivity contribution < 1.29 is 19.2 Å². The van der Waals surface area contributed by atoms with E-state index in [1.807, 2.05) is 60.7 Å². The Hall–Kier alpha value is -3.28. The number of hydrogen-bond donors (Lipinski definition) is 0. The molecule has 1 spiro atoms. The summed E-state index contributed by atoms with van der Waals surface area (Å²) in [6.07, 6.45) is 0.168. The SMILES string of the molecule is CN1C(=O)N(C)C(=O)C2(C1=O)[C@@H](c1ccccc1)CC(=O)C[C@H]2c1ccccc1. The number of hydrogen-bond acceptors (Lipinski definition) is 4. The Bertz CT molecular complexity index is 909. The Kier molecular flexibility index (Phi) is 4.57. The zero-order chi connectivity index (χ0) is 20.8. The fourth-order valence-corrected chi connectivity index (χ4v) is 4.88. The highest BCUT2D eigenvalue weighted by Crippen LogP contribution is 2.57. The molecule has 1 saturated heterocycles. The van der Waals surface area contributed by atoms with Crippen LogP contribution in [0.5, 0.6) is 0 Å². The van der Waals surface area contributed by atoms with Gasteiger partial charge in [-0.15, -0.1) is 0 Å². The van der Waals surface area contributed by atoms with Crippen molar-refractivity contribution in [3.8, 4) is 0 Å². The number of nitrogens with zero attached hydrogens (tertiary/aromatic N) is 2. The van der Waals surface area contributed by atoms with Gasteiger partial charge in [-0.3, -0.25) is 24.2 Å². The number of barbiturate groups is 1. The largest absolute Gasteiger partial charge is 0.332 e. The molecule has 1 saturated carbocycles. The summed E-state index contributed by atoms with van der Waals surface area (Å²) in [5.41, 5.74) is -0.0488. The van der Waals surface area contributed by atoms with Gasteiger partial charge in [0.1, 0.15) is 11.2 Å². The molecule has 4 rings (SSSR count). The second-order valence-electron chi connectivity index (χ2n) is 7.75. The van der Waals surface area contributed by atoms with Crippen molar-refractivity contribution in [1.29, 1.82) is 0 Å². The second-order valence-corrected chi connectivity index (χ2v) is 7.75. The molecule has 1 aliphatic heterocycles. The zero-order valence-electron chi connectivity index (χ0n) is 16.4. The lowest BCUT2D eigenvalue weighted by molar-refractivity contribution is -0.163. The van der Waals surface area contributed by atoms with Crippen LogP contribution in [0.1, 0.15) is 35.8 Å². The van der Waals surface area contributed by atoms with Crippen molar-refractivity contribution in [1.82, 2.24) is 9.80 Å². The maximum Gasteiger partial charge on any atom is 0.332 e. The first-order chi connectivity index (χ1) is 13.9. The van der Waals surface area contributed by atoms with Crippen molar-refractivity contribution in [3.63, 3.8) is 0 Å². The minimum Gasteiger partial charge on any atom is -0.300 e. The van der Waals surface area contributed by atoms with Crippen LogP contribution in [0.15, 0.2) is 60.7 Å². The van der Waals surface area contributed by atoms with Crippen LogP contribution in [0, 0.1) is 5.41 Å². The summed E-state index contributed by atoms with van der Waals surface area (Å²) < 4.78 is 0. The lowest BCUT2D eigenvalue weighted by atomic mass is 9.54. The van der Waals surface area contributed by atoms with Crippen LogP contribution in [0.2, 0.25) is 0 Å². The predicted molar refractivity (Wildman–Crippen MR) is 106 cm³/mol. The van der Waals surface area contributed by atoms with Gasteiger partial charge in [0.2, 0.25) is 11.8 Å². The number of Topliss-reactive ketones (excluding diaryl/α,β-unsaturated/α-hetero) is 1. The summed E-state index contributed by atoms with van der Waals surface area (Å²) >= 11 is 0. The first-order valence-corrected chi connectivity index (χ1v) is 9.61. The summed E-state index contributed by atoms with van der Waals surface area (Å²) in [6, 6.07) is 17.7. The van der Waals surface area contributed by atoms with Crippen LogP contribution in [-0.2, 0) is 14.4 Å². The van der Waals surface area contributed by atoms with E-state index >= 15 is 0 Å². The Balaban J connectivity index is 2.00. The normalized spacial score (nSPS) is 24.3. The van der Waals surface area contributed by atoms with E-state index in [-0.39, 0.29) is 18.6 Å². The van der Waals surface area contributed by atoms with Crippen LogP contribution >= 0.6 is 0 Å². The van der Waals surface area contributed by atoms with E-state index in [4.69, 9.17) is 0 Å². The number of carbonyl (C=O) groups excluding carboxylic acids is 4. The fourth-order valence-electron chi connectivity index (χ4n) is 4.88. The molecule has 2 fully saturated rings. The number of ketones is 1. The standard InChI is InChI=1S/C23H22N2O4/c1-24-20(27)23(21(28)25(2)22(24)29)18(15-9-5-3-6-10-15)13-17(26)14-19(23)16-11-7-4-8-12-16/h3-12,18-19H,13-14H2,1-2H3/t18-,19+. The second kappa shape index (κ2) is 6.95. The Morgan fingerprint density at radius 1 is 0.690 bits per heavy atom. The molecule has 2 aromatic carbocycles. The Labute approximate surface area is 169 Å². The molecule has 6 nitrogen and oxygen atoms in total. The lowest BCUT2D eigenvalue weighted by Gasteiger charge is -2.51. The van der Waals surface area contributed by atoms with Gasteiger partial charge in [-0.1, -0.05) is 60.7 Å². The average Bonchev–Trinajstić information content (AvgIpc) is 2.76. The first kappa shape index (κ1) is 19.1. The van der Waals surface area contributed by atoms with E-state index in [0.29, 0.717) is 0 Å². The van der Waals surface area contributed by atoms with Gasteiger partial charge in [0.25, 0.3) is 0 Å². The fraction of sp³-hybridized carbons (Fsp3) is 0.304. The molecule has 4 amide bonds. The minimum absolute atomic E-state index is 0.00105. The molecule has 2 atom stereocenters. The Morgan fingerprint density at radius 3 is 1.45 bits per heavy atom. The van der Waals surface area contributed by atoms with E-state index in [0.717, 1.165) is 20.9 Å². The molecule has 0 aromatic heterocycles. The zero-order valence-corrected chi connectivity index (χ0v) is 16.4. The van der Waals surface area contributed by atoms with Crippen LogP contribution in [0.4, 0.5) is 4.79 Å². The van der Waals surface area contributed by atoms with E-state index in [1.54, 1.807) is 0 Å². The first-order valence-electron chi connectivity index (χ1n) is 9.61. The number of carbonyl (C=O) groups is 4. The van der Waals surface area contributed by atoms with Crippen LogP contribution in [0.3, 0.4) is 0 Å². The molecule has 2 aliphatic rings. The lowest BCUT2D eigenvalue weighted by Crippen LogP contribution is -2.68. The summed E-state index contributed by atoms with van der Waals surface area (Å²) in [4.78, 5) is 54.7. The quantitative estimate of drug-likeness (QED) is 0.739. The minimum atomic E-state index is -1.55. The van der Waals surface area contributed by atoms with Gasteiger partial charge in [-0.05, 0) is 11.1 Å². The third-order valence-corrected chi connectivity index (χ3v) is 6.26. The van der Waals surface area contributed by atoms with Crippen LogP contribution in [-0.4, -0.2) is 47.5 Å². The van der Waals surface area contributed by atoms with Crippen molar-refractivity contribution in [2.45, 2.75) is 24.7 Å². The molecular weight excluding hydrogens is 368 g/mol. The molecule has 29 heavy (non-hydrogen) atoms. The molecule has 0 unspecified atom stereocenters. The van der Waals surface area contributed by atoms with Gasteiger partial charge in [0.15, 0.2) is 0 Å². The van der Waals surface area contributed by atoms with Gasteiger partial charge in [0, 0.05) is 38.8 Å². The summed E-state index contributed by atoms with van der Waals surface area (Å²) in [7, 11) is 2.80. The summed E-state index contributed by atoms with van der Waals surface area (Å²) in [6.45, 7) is 0. The highest BCUT2D eigenvalue weighted by Gasteiger charge is 2.66. The highest BCUT2D eigenvalue weighted by molar-refractivity contribution is 6.21. The molecule has 0 bridgehead atoms. The van der Waals surface area contributed by atoms with Crippen molar-refractivity contribution in [2.75, 3.05) is 14.1 Å². The maximum atomic E-state index is 13.7. The number of amides is 4. The van der Waals surface area contributed by atoms with E-state index < -0.39 is 35.1 Å². The predicted octanol–water partition coefficient (Wildman–Crippen LogP) is 2.95. The molecule has 1 aliphatic carbocycles. The Morgan fingerprint density at radius 2 is 1.07 bits per heavy atom. The topological polar surface area (TPSA) is 74.8 Å². The third-order valence-electron chi connectivity index (χ3n) is 6.26. The number of imide groups is 2. The molecule has 2 aromatic rings. The molecular formula is C23H22N2O4. The summed E-state index contributed by atoms with van der Waals surface area (Å²) in [5, 5.41) is 0. The van der Waals surface area contributed by atoms with Crippen molar-refractivity contribution >= 4 is 23.6 Å². The maximum absolute atomic E-state index is 13.7. The van der Waals surface area contributed by atoms with Gasteiger partial charge in [0.05, 0.1) is 0 Å². The van der Waals surface area contributed by atoms with Crippen molar-refractivity contribution in [3.05, 3.63) is 71.8 Å².